The Balaban J connectivity index is 1.31. The predicted molar refractivity (Wildman–Crippen MR) is 105 cm³/mol. The number of anilines is 2. The first-order valence-corrected chi connectivity index (χ1v) is 9.97. The summed E-state index contributed by atoms with van der Waals surface area (Å²) in [6.07, 6.45) is 3.54. The summed E-state index contributed by atoms with van der Waals surface area (Å²) in [5.41, 5.74) is 2.31. The van der Waals surface area contributed by atoms with Crippen molar-refractivity contribution in [3.05, 3.63) is 23.5 Å². The summed E-state index contributed by atoms with van der Waals surface area (Å²) >= 11 is 0. The van der Waals surface area contributed by atoms with Gasteiger partial charge in [-0.25, -0.2) is 4.79 Å². The minimum Gasteiger partial charge on any atom is -0.352 e. The molecule has 0 radical (unpaired) electrons. The van der Waals surface area contributed by atoms with Crippen LogP contribution < -0.4 is 10.2 Å². The van der Waals surface area contributed by atoms with Crippen LogP contribution >= 0.6 is 0 Å². The van der Waals surface area contributed by atoms with Crippen molar-refractivity contribution in [2.75, 3.05) is 36.4 Å². The van der Waals surface area contributed by atoms with Gasteiger partial charge in [0.1, 0.15) is 0 Å². The molecule has 0 spiro atoms. The number of hydrogen-bond acceptors (Lipinski definition) is 4. The number of amides is 2. The normalized spacial score (nSPS) is 18.6. The minimum absolute atomic E-state index is 0.0795. The number of hydrogen-bond donors (Lipinski definition) is 2. The molecule has 2 aromatic rings. The number of urea groups is 1. The molecule has 1 aliphatic heterocycles. The van der Waals surface area contributed by atoms with Crippen LogP contribution in [0.3, 0.4) is 0 Å². The highest BCUT2D eigenvalue weighted by Crippen LogP contribution is 2.39. The van der Waals surface area contributed by atoms with E-state index < -0.39 is 0 Å². The number of H-pyrrole nitrogens is 1. The average molecular weight is 371 g/mol. The third-order valence-electron chi connectivity index (χ3n) is 5.66. The van der Waals surface area contributed by atoms with Gasteiger partial charge in [-0.3, -0.25) is 15.1 Å². The molecule has 8 nitrogen and oxygen atoms in total. The molecule has 2 aromatic heterocycles. The average Bonchev–Trinajstić information content (AvgIpc) is 3.30. The summed E-state index contributed by atoms with van der Waals surface area (Å²) < 4.78 is 1.97. The molecule has 4 rings (SSSR count). The number of nitrogens with one attached hydrogen (secondary N) is 2. The fourth-order valence-electron chi connectivity index (χ4n) is 3.59. The Morgan fingerprint density at radius 3 is 2.70 bits per heavy atom. The summed E-state index contributed by atoms with van der Waals surface area (Å²) in [5.74, 6) is 2.30. The lowest BCUT2D eigenvalue weighted by Crippen LogP contribution is -2.50. The van der Waals surface area contributed by atoms with E-state index in [1.165, 1.54) is 18.5 Å². The lowest BCUT2D eigenvalue weighted by Gasteiger charge is -2.34. The quantitative estimate of drug-likeness (QED) is 0.846. The van der Waals surface area contributed by atoms with Gasteiger partial charge in [-0.05, 0) is 33.1 Å². The van der Waals surface area contributed by atoms with E-state index in [2.05, 4.69) is 45.4 Å². The molecule has 1 saturated heterocycles. The van der Waals surface area contributed by atoms with Gasteiger partial charge in [-0.2, -0.15) is 10.2 Å². The third-order valence-corrected chi connectivity index (χ3v) is 5.66. The van der Waals surface area contributed by atoms with Crippen molar-refractivity contribution < 1.29 is 4.79 Å². The van der Waals surface area contributed by atoms with E-state index in [4.69, 9.17) is 0 Å². The Morgan fingerprint density at radius 2 is 2.04 bits per heavy atom. The van der Waals surface area contributed by atoms with Crippen molar-refractivity contribution in [1.29, 1.82) is 0 Å². The fraction of sp³-hybridized carbons (Fsp3) is 0.632. The van der Waals surface area contributed by atoms with Crippen LogP contribution in [-0.2, 0) is 0 Å². The maximum Gasteiger partial charge on any atom is 0.323 e. The maximum absolute atomic E-state index is 12.6. The topological polar surface area (TPSA) is 82.1 Å². The van der Waals surface area contributed by atoms with Gasteiger partial charge in [0.15, 0.2) is 11.6 Å². The molecule has 2 aliphatic rings. The number of rotatable bonds is 5. The van der Waals surface area contributed by atoms with E-state index in [1.807, 2.05) is 22.6 Å². The number of carbonyl (C=O) groups is 1. The number of piperazine rings is 1. The lowest BCUT2D eigenvalue weighted by atomic mass is 10.2. The molecule has 1 saturated carbocycles. The summed E-state index contributed by atoms with van der Waals surface area (Å²) in [4.78, 5) is 16.7. The second kappa shape index (κ2) is 7.25. The van der Waals surface area contributed by atoms with Gasteiger partial charge in [0.25, 0.3) is 0 Å². The second-order valence-corrected chi connectivity index (χ2v) is 7.73. The van der Waals surface area contributed by atoms with Crippen LogP contribution in [0.4, 0.5) is 16.4 Å². The van der Waals surface area contributed by atoms with Gasteiger partial charge in [0.05, 0.1) is 0 Å². The third kappa shape index (κ3) is 3.79. The smallest absolute Gasteiger partial charge is 0.323 e. The largest absolute Gasteiger partial charge is 0.352 e. The van der Waals surface area contributed by atoms with Crippen molar-refractivity contribution in [2.24, 2.45) is 0 Å². The van der Waals surface area contributed by atoms with E-state index in [9.17, 15) is 4.79 Å². The Labute approximate surface area is 159 Å². The van der Waals surface area contributed by atoms with Crippen LogP contribution in [0, 0.1) is 6.92 Å². The van der Waals surface area contributed by atoms with Crippen molar-refractivity contribution in [2.45, 2.75) is 52.0 Å². The SMILES string of the molecule is CCC(C)n1nc(NC(=O)N2CCN(c3cc(C4CC4)[nH]n3)CC2)cc1C. The summed E-state index contributed by atoms with van der Waals surface area (Å²) in [6.45, 7) is 9.24. The Morgan fingerprint density at radius 1 is 1.30 bits per heavy atom. The zero-order chi connectivity index (χ0) is 19.0. The first-order valence-electron chi connectivity index (χ1n) is 9.97. The second-order valence-electron chi connectivity index (χ2n) is 7.73. The molecule has 146 valence electrons. The molecular weight excluding hydrogens is 342 g/mol. The monoisotopic (exact) mass is 371 g/mol. The van der Waals surface area contributed by atoms with Gasteiger partial charge >= 0.3 is 6.03 Å². The highest BCUT2D eigenvalue weighted by atomic mass is 16.2. The predicted octanol–water partition coefficient (Wildman–Crippen LogP) is 3.12. The van der Waals surface area contributed by atoms with Gasteiger partial charge in [-0.1, -0.05) is 6.92 Å². The van der Waals surface area contributed by atoms with E-state index in [1.54, 1.807) is 0 Å². The zero-order valence-corrected chi connectivity index (χ0v) is 16.4. The first-order chi connectivity index (χ1) is 13.0. The number of aromatic amines is 1. The van der Waals surface area contributed by atoms with Crippen molar-refractivity contribution in [3.63, 3.8) is 0 Å². The number of carbonyl (C=O) groups excluding carboxylic acids is 1. The molecule has 8 heteroatoms. The highest BCUT2D eigenvalue weighted by Gasteiger charge is 2.28. The van der Waals surface area contributed by atoms with E-state index >= 15 is 0 Å². The van der Waals surface area contributed by atoms with Crippen molar-refractivity contribution in [3.8, 4) is 0 Å². The van der Waals surface area contributed by atoms with Crippen LogP contribution in [0.15, 0.2) is 12.1 Å². The minimum atomic E-state index is -0.0795. The number of nitrogens with zero attached hydrogens (tertiary/aromatic N) is 5. The van der Waals surface area contributed by atoms with Gasteiger partial charge < -0.3 is 9.80 Å². The van der Waals surface area contributed by atoms with Crippen molar-refractivity contribution in [1.82, 2.24) is 24.9 Å². The summed E-state index contributed by atoms with van der Waals surface area (Å²) in [5, 5.41) is 15.1. The van der Waals surface area contributed by atoms with Crippen molar-refractivity contribution >= 4 is 17.7 Å². The van der Waals surface area contributed by atoms with Crippen LogP contribution in [0.5, 0.6) is 0 Å². The molecular formula is C19H29N7O. The summed E-state index contributed by atoms with van der Waals surface area (Å²) in [7, 11) is 0. The Hall–Kier alpha value is -2.51. The summed E-state index contributed by atoms with van der Waals surface area (Å²) in [6, 6.07) is 4.35. The molecule has 2 fully saturated rings. The highest BCUT2D eigenvalue weighted by molar-refractivity contribution is 5.88. The molecule has 1 atom stereocenters. The lowest BCUT2D eigenvalue weighted by molar-refractivity contribution is 0.208. The fourth-order valence-corrected chi connectivity index (χ4v) is 3.59. The Kier molecular flexibility index (Phi) is 4.80. The van der Waals surface area contributed by atoms with Crippen LogP contribution in [0.25, 0.3) is 0 Å². The van der Waals surface area contributed by atoms with E-state index in [0.29, 0.717) is 30.9 Å². The molecule has 1 aliphatic carbocycles. The molecule has 2 amide bonds. The van der Waals surface area contributed by atoms with Gasteiger partial charge in [0.2, 0.25) is 0 Å². The number of aryl methyl sites for hydroxylation is 1. The molecule has 1 unspecified atom stereocenters. The van der Waals surface area contributed by atoms with Crippen LogP contribution in [0.1, 0.15) is 56.5 Å². The van der Waals surface area contributed by atoms with Crippen LogP contribution in [0.2, 0.25) is 0 Å². The molecule has 2 N–H and O–H groups in total. The molecule has 27 heavy (non-hydrogen) atoms. The van der Waals surface area contributed by atoms with E-state index in [0.717, 1.165) is 31.0 Å². The molecule has 3 heterocycles. The molecule has 0 aromatic carbocycles. The van der Waals surface area contributed by atoms with E-state index in [-0.39, 0.29) is 6.03 Å². The molecule has 0 bridgehead atoms. The first kappa shape index (κ1) is 17.9. The zero-order valence-electron chi connectivity index (χ0n) is 16.4. The standard InChI is InChI=1S/C19H29N7O/c1-4-13(2)26-14(3)11-17(23-26)20-19(27)25-9-7-24(8-10-25)18-12-16(21-22-18)15-5-6-15/h11-13,15H,4-10H2,1-3H3,(H,21,22)(H,20,23,27). The van der Waals surface area contributed by atoms with Crippen LogP contribution in [-0.4, -0.2) is 57.1 Å². The van der Waals surface area contributed by atoms with Gasteiger partial charge in [-0.15, -0.1) is 0 Å². The number of aromatic nitrogens is 4. The Bertz CT molecular complexity index is 799. The van der Waals surface area contributed by atoms with Gasteiger partial charge in [0, 0.05) is 61.7 Å². The maximum atomic E-state index is 12.6.